The van der Waals surface area contributed by atoms with E-state index in [1.807, 2.05) is 0 Å². The Kier molecular flexibility index (Phi) is 4.45. The summed E-state index contributed by atoms with van der Waals surface area (Å²) in [7, 11) is -4.02. The topological polar surface area (TPSA) is 161 Å². The van der Waals surface area contributed by atoms with Crippen LogP contribution in [0.5, 0.6) is 0 Å². The van der Waals surface area contributed by atoms with E-state index in [1.165, 1.54) is 13.8 Å². The van der Waals surface area contributed by atoms with E-state index in [-0.39, 0.29) is 21.3 Å². The Labute approximate surface area is 132 Å². The van der Waals surface area contributed by atoms with Crippen LogP contribution in [0.1, 0.15) is 13.8 Å². The zero-order valence-electron chi connectivity index (χ0n) is 11.2. The number of hydrogen-bond donors (Lipinski definition) is 2. The molecule has 0 fully saturated rings. The molecule has 0 unspecified atom stereocenters. The summed E-state index contributed by atoms with van der Waals surface area (Å²) in [6, 6.07) is 0. The lowest BCUT2D eigenvalue weighted by molar-refractivity contribution is -0.116. The van der Waals surface area contributed by atoms with E-state index in [2.05, 4.69) is 25.7 Å². The number of carbonyl (C=O) groups is 2. The summed E-state index contributed by atoms with van der Waals surface area (Å²) in [5, 5.41) is 22.1. The minimum absolute atomic E-state index is 0.0259. The van der Waals surface area contributed by atoms with Crippen LogP contribution in [0, 0.1) is 0 Å². The molecule has 22 heavy (non-hydrogen) atoms. The van der Waals surface area contributed by atoms with Gasteiger partial charge in [0.15, 0.2) is 0 Å². The summed E-state index contributed by atoms with van der Waals surface area (Å²) >= 11 is 1.53. The molecule has 2 rings (SSSR count). The van der Waals surface area contributed by atoms with Gasteiger partial charge in [0.25, 0.3) is 10.0 Å². The number of nitrogens with one attached hydrogen (secondary N) is 1. The third-order valence-corrected chi connectivity index (χ3v) is 5.08. The van der Waals surface area contributed by atoms with Crippen molar-refractivity contribution < 1.29 is 18.0 Å². The maximum atomic E-state index is 11.8. The van der Waals surface area contributed by atoms with Gasteiger partial charge in [-0.25, -0.2) is 18.5 Å². The third-order valence-electron chi connectivity index (χ3n) is 2.03. The van der Waals surface area contributed by atoms with Crippen molar-refractivity contribution in [1.29, 1.82) is 0 Å². The predicted octanol–water partition coefficient (Wildman–Crippen LogP) is -0.320. The zero-order chi connectivity index (χ0) is 16.5. The van der Waals surface area contributed by atoms with Crippen LogP contribution < -0.4 is 15.4 Å². The molecule has 0 spiro atoms. The second-order valence-electron chi connectivity index (χ2n) is 3.82. The predicted molar refractivity (Wildman–Crippen MR) is 78.3 cm³/mol. The van der Waals surface area contributed by atoms with Gasteiger partial charge in [0.2, 0.25) is 31.5 Å². The fourth-order valence-corrected chi connectivity index (χ4v) is 3.63. The molecule has 0 aromatic carbocycles. The van der Waals surface area contributed by atoms with Crippen LogP contribution >= 0.6 is 22.7 Å². The van der Waals surface area contributed by atoms with E-state index in [0.29, 0.717) is 11.3 Å². The van der Waals surface area contributed by atoms with E-state index >= 15 is 0 Å². The number of primary sulfonamides is 1. The Balaban J connectivity index is 2.38. The SMILES string of the molecule is CC(=O)Nc1nnc(N(C(C)=O)c2nnc(S(N)(=O)=O)s2)s1. The molecule has 0 radical (unpaired) electrons. The fraction of sp³-hybridized carbons (Fsp3) is 0.250. The molecule has 2 amide bonds. The summed E-state index contributed by atoms with van der Waals surface area (Å²) < 4.78 is 22.0. The molecule has 11 nitrogen and oxygen atoms in total. The summed E-state index contributed by atoms with van der Waals surface area (Å²) in [5.41, 5.74) is 0. The van der Waals surface area contributed by atoms with Crippen LogP contribution in [0.4, 0.5) is 15.4 Å². The van der Waals surface area contributed by atoms with Crippen molar-refractivity contribution in [3.8, 4) is 0 Å². The Morgan fingerprint density at radius 3 is 2.18 bits per heavy atom. The minimum Gasteiger partial charge on any atom is -0.301 e. The van der Waals surface area contributed by atoms with Gasteiger partial charge in [0, 0.05) is 13.8 Å². The standard InChI is InChI=1S/C8H9N7O4S3/c1-3(16)10-5-11-12-6(20-5)15(4(2)17)7-13-14-8(21-7)22(9,18)19/h1-2H3,(H2,9,18,19)(H,10,11,16). The first kappa shape index (κ1) is 16.3. The molecule has 0 aliphatic heterocycles. The molecule has 3 N–H and O–H groups in total. The van der Waals surface area contributed by atoms with Gasteiger partial charge in [-0.05, 0) is 0 Å². The molecular weight excluding hydrogens is 354 g/mol. The van der Waals surface area contributed by atoms with Gasteiger partial charge in [-0.3, -0.25) is 9.59 Å². The molecule has 14 heteroatoms. The molecule has 0 saturated carbocycles. The molecule has 0 aliphatic carbocycles. The lowest BCUT2D eigenvalue weighted by Gasteiger charge is -2.11. The van der Waals surface area contributed by atoms with Crippen LogP contribution in [0.2, 0.25) is 0 Å². The molecule has 0 atom stereocenters. The highest BCUT2D eigenvalue weighted by atomic mass is 32.2. The second kappa shape index (κ2) is 5.99. The van der Waals surface area contributed by atoms with Gasteiger partial charge in [-0.1, -0.05) is 22.7 Å². The summed E-state index contributed by atoms with van der Waals surface area (Å²) in [6.07, 6.45) is 0. The first-order valence-corrected chi connectivity index (χ1v) is 8.64. The summed E-state index contributed by atoms with van der Waals surface area (Å²) in [5.74, 6) is -0.827. The monoisotopic (exact) mass is 363 g/mol. The van der Waals surface area contributed by atoms with E-state index < -0.39 is 20.3 Å². The smallest absolute Gasteiger partial charge is 0.267 e. The Hall–Kier alpha value is -2.03. The number of nitrogens with two attached hydrogens (primary N) is 1. The molecule has 118 valence electrons. The Morgan fingerprint density at radius 2 is 1.68 bits per heavy atom. The van der Waals surface area contributed by atoms with Gasteiger partial charge in [0.1, 0.15) is 0 Å². The summed E-state index contributed by atoms with van der Waals surface area (Å²) in [4.78, 5) is 23.8. The summed E-state index contributed by atoms with van der Waals surface area (Å²) in [6.45, 7) is 2.53. The van der Waals surface area contributed by atoms with Crippen molar-refractivity contribution in [2.24, 2.45) is 5.14 Å². The van der Waals surface area contributed by atoms with Gasteiger partial charge in [-0.2, -0.15) is 0 Å². The Bertz CT molecular complexity index is 826. The molecule has 2 aromatic rings. The average molecular weight is 363 g/mol. The van der Waals surface area contributed by atoms with Crippen LogP contribution in [-0.4, -0.2) is 40.6 Å². The number of sulfonamides is 1. The highest BCUT2D eigenvalue weighted by molar-refractivity contribution is 7.91. The molecular formula is C8H9N7O4S3. The van der Waals surface area contributed by atoms with Crippen molar-refractivity contribution in [1.82, 2.24) is 20.4 Å². The zero-order valence-corrected chi connectivity index (χ0v) is 13.6. The van der Waals surface area contributed by atoms with Gasteiger partial charge >= 0.3 is 0 Å². The molecule has 2 aromatic heterocycles. The van der Waals surface area contributed by atoms with Crippen LogP contribution in [0.3, 0.4) is 0 Å². The maximum Gasteiger partial charge on any atom is 0.267 e. The largest absolute Gasteiger partial charge is 0.301 e. The van der Waals surface area contributed by atoms with Crippen molar-refractivity contribution in [2.75, 3.05) is 10.2 Å². The quantitative estimate of drug-likeness (QED) is 0.698. The number of amides is 2. The van der Waals surface area contributed by atoms with Crippen LogP contribution in [0.25, 0.3) is 0 Å². The van der Waals surface area contributed by atoms with Crippen LogP contribution in [0.15, 0.2) is 4.34 Å². The van der Waals surface area contributed by atoms with Crippen molar-refractivity contribution in [3.63, 3.8) is 0 Å². The lowest BCUT2D eigenvalue weighted by atomic mass is 10.6. The van der Waals surface area contributed by atoms with E-state index in [1.54, 1.807) is 0 Å². The van der Waals surface area contributed by atoms with Gasteiger partial charge in [0.05, 0.1) is 0 Å². The van der Waals surface area contributed by atoms with Crippen molar-refractivity contribution in [2.45, 2.75) is 18.2 Å². The Morgan fingerprint density at radius 1 is 1.09 bits per heavy atom. The van der Waals surface area contributed by atoms with Crippen molar-refractivity contribution >= 4 is 59.9 Å². The normalized spacial score (nSPS) is 11.2. The highest BCUT2D eigenvalue weighted by Gasteiger charge is 2.25. The first-order chi connectivity index (χ1) is 10.2. The van der Waals surface area contributed by atoms with E-state index in [9.17, 15) is 18.0 Å². The average Bonchev–Trinajstić information content (AvgIpc) is 2.97. The number of aromatic nitrogens is 4. The molecule has 0 saturated heterocycles. The van der Waals surface area contributed by atoms with E-state index in [4.69, 9.17) is 5.14 Å². The van der Waals surface area contributed by atoms with E-state index in [0.717, 1.165) is 16.2 Å². The second-order valence-corrected chi connectivity index (χ2v) is 7.47. The first-order valence-electron chi connectivity index (χ1n) is 5.46. The lowest BCUT2D eigenvalue weighted by Crippen LogP contribution is -2.22. The maximum absolute atomic E-state index is 11.8. The fourth-order valence-electron chi connectivity index (χ4n) is 1.27. The van der Waals surface area contributed by atoms with Crippen LogP contribution in [-0.2, 0) is 19.6 Å². The minimum atomic E-state index is -4.02. The number of carbonyl (C=O) groups excluding carboxylic acids is 2. The molecule has 0 bridgehead atoms. The number of rotatable bonds is 4. The number of nitrogens with zero attached hydrogens (tertiary/aromatic N) is 5. The highest BCUT2D eigenvalue weighted by Crippen LogP contribution is 2.33. The molecule has 2 heterocycles. The number of hydrogen-bond acceptors (Lipinski definition) is 10. The molecule has 0 aliphatic rings. The number of anilines is 3. The van der Waals surface area contributed by atoms with Gasteiger partial charge in [-0.15, -0.1) is 20.4 Å². The van der Waals surface area contributed by atoms with Gasteiger partial charge < -0.3 is 5.32 Å². The third kappa shape index (κ3) is 3.59. The van der Waals surface area contributed by atoms with Crippen molar-refractivity contribution in [3.05, 3.63) is 0 Å².